The van der Waals surface area contributed by atoms with Crippen LogP contribution < -0.4 is 5.73 Å². The van der Waals surface area contributed by atoms with Crippen LogP contribution in [0.1, 0.15) is 16.7 Å². The van der Waals surface area contributed by atoms with E-state index in [2.05, 4.69) is 0 Å². The summed E-state index contributed by atoms with van der Waals surface area (Å²) < 4.78 is 43.7. The lowest BCUT2D eigenvalue weighted by atomic mass is 9.68. The first kappa shape index (κ1) is 16.1. The van der Waals surface area contributed by atoms with Gasteiger partial charge in [-0.1, -0.05) is 78.9 Å². The molecule has 0 heterocycles. The summed E-state index contributed by atoms with van der Waals surface area (Å²) >= 11 is 0. The number of anilines is 1. The summed E-state index contributed by atoms with van der Waals surface area (Å²) in [4.78, 5) is 0. The van der Waals surface area contributed by atoms with Crippen molar-refractivity contribution in [3.8, 4) is 0 Å². The van der Waals surface area contributed by atoms with Gasteiger partial charge in [0.15, 0.2) is 0 Å². The number of alkyl halides is 3. The molecule has 3 aromatic carbocycles. The number of hydrogen-bond acceptors (Lipinski definition) is 1. The van der Waals surface area contributed by atoms with Crippen LogP contribution in [0.4, 0.5) is 18.9 Å². The monoisotopic (exact) mass is 327 g/mol. The Bertz CT molecular complexity index is 772. The molecular weight excluding hydrogens is 311 g/mol. The van der Waals surface area contributed by atoms with E-state index in [4.69, 9.17) is 5.73 Å². The molecule has 24 heavy (non-hydrogen) atoms. The van der Waals surface area contributed by atoms with Crippen LogP contribution >= 0.6 is 0 Å². The maximum atomic E-state index is 14.6. The largest absolute Gasteiger partial charge is 0.406 e. The molecule has 0 saturated carbocycles. The Kier molecular flexibility index (Phi) is 4.06. The first-order valence-electron chi connectivity index (χ1n) is 7.50. The predicted octanol–water partition coefficient (Wildman–Crippen LogP) is 5.17. The zero-order chi connectivity index (χ0) is 17.2. The number of halogens is 3. The second-order valence-electron chi connectivity index (χ2n) is 5.57. The van der Waals surface area contributed by atoms with Gasteiger partial charge in [0.25, 0.3) is 0 Å². The molecule has 0 fully saturated rings. The highest BCUT2D eigenvalue weighted by atomic mass is 19.4. The normalized spacial score (nSPS) is 12.1. The van der Waals surface area contributed by atoms with Gasteiger partial charge in [-0.15, -0.1) is 0 Å². The zero-order valence-electron chi connectivity index (χ0n) is 12.8. The van der Waals surface area contributed by atoms with Crippen molar-refractivity contribution in [2.24, 2.45) is 0 Å². The first-order chi connectivity index (χ1) is 11.5. The zero-order valence-corrected chi connectivity index (χ0v) is 12.8. The van der Waals surface area contributed by atoms with E-state index in [9.17, 15) is 13.2 Å². The summed E-state index contributed by atoms with van der Waals surface area (Å²) in [5.41, 5.74) is 4.09. The number of benzene rings is 3. The standard InChI is InChI=1S/C20H16F3N/c21-20(22,23)19(15-9-3-1-4-10-15,16-11-5-2-6-12-16)17-13-7-8-14-18(17)24/h1-14H,24H2. The van der Waals surface area contributed by atoms with E-state index in [1.165, 1.54) is 36.4 Å². The van der Waals surface area contributed by atoms with Crippen molar-refractivity contribution in [3.05, 3.63) is 102 Å². The van der Waals surface area contributed by atoms with Crippen molar-refractivity contribution >= 4 is 5.69 Å². The van der Waals surface area contributed by atoms with Gasteiger partial charge in [0.05, 0.1) is 0 Å². The fraction of sp³-hybridized carbons (Fsp3) is 0.100. The lowest BCUT2D eigenvalue weighted by Crippen LogP contribution is -2.45. The fourth-order valence-electron chi connectivity index (χ4n) is 3.17. The smallest absolute Gasteiger partial charge is 0.398 e. The Labute approximate surface area is 138 Å². The van der Waals surface area contributed by atoms with E-state index >= 15 is 0 Å². The molecule has 0 unspecified atom stereocenters. The van der Waals surface area contributed by atoms with E-state index in [-0.39, 0.29) is 22.4 Å². The lowest BCUT2D eigenvalue weighted by molar-refractivity contribution is -0.166. The molecule has 0 saturated heterocycles. The minimum atomic E-state index is -4.56. The van der Waals surface area contributed by atoms with Crippen molar-refractivity contribution in [2.75, 3.05) is 5.73 Å². The Hall–Kier alpha value is -2.75. The van der Waals surface area contributed by atoms with Crippen LogP contribution in [-0.4, -0.2) is 6.18 Å². The van der Waals surface area contributed by atoms with Crippen molar-refractivity contribution in [2.45, 2.75) is 11.6 Å². The second kappa shape index (κ2) is 6.04. The first-order valence-corrected chi connectivity index (χ1v) is 7.50. The van der Waals surface area contributed by atoms with E-state index in [1.54, 1.807) is 48.5 Å². The van der Waals surface area contributed by atoms with Crippen molar-refractivity contribution in [1.82, 2.24) is 0 Å². The number of hydrogen-bond donors (Lipinski definition) is 1. The molecule has 2 N–H and O–H groups in total. The molecule has 0 aliphatic heterocycles. The quantitative estimate of drug-likeness (QED) is 0.521. The van der Waals surface area contributed by atoms with Gasteiger partial charge in [-0.25, -0.2) is 0 Å². The molecule has 0 bridgehead atoms. The molecule has 0 radical (unpaired) electrons. The van der Waals surface area contributed by atoms with Crippen LogP contribution in [-0.2, 0) is 5.41 Å². The number of para-hydroxylation sites is 1. The molecule has 122 valence electrons. The molecule has 3 rings (SSSR count). The molecule has 0 aliphatic carbocycles. The average Bonchev–Trinajstić information content (AvgIpc) is 2.58. The third-order valence-corrected chi connectivity index (χ3v) is 4.20. The highest BCUT2D eigenvalue weighted by molar-refractivity contribution is 5.62. The van der Waals surface area contributed by atoms with Crippen molar-refractivity contribution < 1.29 is 13.2 Å². The molecule has 0 spiro atoms. The summed E-state index contributed by atoms with van der Waals surface area (Å²) in [6, 6.07) is 22.0. The van der Waals surface area contributed by atoms with Gasteiger partial charge in [0, 0.05) is 5.69 Å². The SMILES string of the molecule is Nc1ccccc1C(c1ccccc1)(c1ccccc1)C(F)(F)F. The molecule has 0 atom stereocenters. The summed E-state index contributed by atoms with van der Waals surface area (Å²) in [5, 5.41) is 0. The predicted molar refractivity (Wildman–Crippen MR) is 89.7 cm³/mol. The summed E-state index contributed by atoms with van der Waals surface area (Å²) in [6.45, 7) is 0. The van der Waals surface area contributed by atoms with Gasteiger partial charge in [-0.3, -0.25) is 0 Å². The Balaban J connectivity index is 2.46. The molecule has 0 aromatic heterocycles. The van der Waals surface area contributed by atoms with Crippen molar-refractivity contribution in [1.29, 1.82) is 0 Å². The van der Waals surface area contributed by atoms with Crippen LogP contribution in [0.3, 0.4) is 0 Å². The number of rotatable bonds is 3. The molecule has 1 nitrogen and oxygen atoms in total. The third-order valence-electron chi connectivity index (χ3n) is 4.20. The Morgan fingerprint density at radius 2 is 1.00 bits per heavy atom. The van der Waals surface area contributed by atoms with Gasteiger partial charge in [0.2, 0.25) is 0 Å². The maximum absolute atomic E-state index is 14.6. The molecule has 0 aliphatic rings. The fourth-order valence-corrected chi connectivity index (χ4v) is 3.17. The van der Waals surface area contributed by atoms with Gasteiger partial charge in [-0.2, -0.15) is 13.2 Å². The lowest BCUT2D eigenvalue weighted by Gasteiger charge is -2.38. The van der Waals surface area contributed by atoms with E-state index < -0.39 is 11.6 Å². The van der Waals surface area contributed by atoms with Crippen LogP contribution in [0.2, 0.25) is 0 Å². The topological polar surface area (TPSA) is 26.0 Å². The van der Waals surface area contributed by atoms with E-state index in [0.717, 1.165) is 0 Å². The Morgan fingerprint density at radius 1 is 0.583 bits per heavy atom. The Morgan fingerprint density at radius 3 is 1.42 bits per heavy atom. The molecule has 3 aromatic rings. The van der Waals surface area contributed by atoms with Crippen LogP contribution in [0.25, 0.3) is 0 Å². The van der Waals surface area contributed by atoms with Crippen LogP contribution in [0.5, 0.6) is 0 Å². The van der Waals surface area contributed by atoms with E-state index in [1.807, 2.05) is 0 Å². The minimum Gasteiger partial charge on any atom is -0.398 e. The highest BCUT2D eigenvalue weighted by Gasteiger charge is 2.58. The van der Waals surface area contributed by atoms with Gasteiger partial charge in [0.1, 0.15) is 5.41 Å². The highest BCUT2D eigenvalue weighted by Crippen LogP contribution is 2.52. The summed E-state index contributed by atoms with van der Waals surface area (Å²) in [6.07, 6.45) is -4.56. The van der Waals surface area contributed by atoms with Crippen molar-refractivity contribution in [3.63, 3.8) is 0 Å². The molecule has 0 amide bonds. The van der Waals surface area contributed by atoms with Gasteiger partial charge in [-0.05, 0) is 22.8 Å². The third kappa shape index (κ3) is 2.44. The van der Waals surface area contributed by atoms with Gasteiger partial charge >= 0.3 is 6.18 Å². The maximum Gasteiger partial charge on any atom is 0.406 e. The molecule has 4 heteroatoms. The average molecular weight is 327 g/mol. The summed E-state index contributed by atoms with van der Waals surface area (Å²) in [5.74, 6) is 0. The van der Waals surface area contributed by atoms with E-state index in [0.29, 0.717) is 0 Å². The number of nitrogen functional groups attached to an aromatic ring is 1. The molecular formula is C20H16F3N. The summed E-state index contributed by atoms with van der Waals surface area (Å²) in [7, 11) is 0. The van der Waals surface area contributed by atoms with Crippen LogP contribution in [0, 0.1) is 0 Å². The van der Waals surface area contributed by atoms with Crippen LogP contribution in [0.15, 0.2) is 84.9 Å². The minimum absolute atomic E-state index is 0.0369. The number of nitrogens with two attached hydrogens (primary N) is 1. The van der Waals surface area contributed by atoms with Gasteiger partial charge < -0.3 is 5.73 Å². The second-order valence-corrected chi connectivity index (χ2v) is 5.57.